The minimum Gasteiger partial charge on any atom is -0.408 e. The highest BCUT2D eigenvalue weighted by Crippen LogP contribution is 2.43. The second-order valence-electron chi connectivity index (χ2n) is 7.94. The van der Waals surface area contributed by atoms with Gasteiger partial charge >= 0.3 is 0 Å². The van der Waals surface area contributed by atoms with E-state index in [0.717, 1.165) is 0 Å². The van der Waals surface area contributed by atoms with E-state index in [1.807, 2.05) is 13.8 Å². The molecule has 2 fully saturated rings. The Kier molecular flexibility index (Phi) is 4.62. The van der Waals surface area contributed by atoms with Crippen molar-refractivity contribution in [2.24, 2.45) is 0 Å². The summed E-state index contributed by atoms with van der Waals surface area (Å²) in [5, 5.41) is 0.137. The molecule has 0 radical (unpaired) electrons. The predicted molar refractivity (Wildman–Crippen MR) is 82.6 cm³/mol. The van der Waals surface area contributed by atoms with Crippen molar-refractivity contribution in [3.63, 3.8) is 0 Å². The molecule has 2 aliphatic rings. The molecule has 5 nitrogen and oxygen atoms in total. The van der Waals surface area contributed by atoms with Crippen molar-refractivity contribution in [1.29, 1.82) is 0 Å². The molecule has 0 aromatic heterocycles. The summed E-state index contributed by atoms with van der Waals surface area (Å²) in [4.78, 5) is 0. The number of hydrogen-bond donors (Lipinski definition) is 0. The van der Waals surface area contributed by atoms with Crippen molar-refractivity contribution < 1.29 is 23.4 Å². The first-order valence-corrected chi connectivity index (χ1v) is 10.6. The van der Waals surface area contributed by atoms with Gasteiger partial charge in [0.25, 0.3) is 0 Å². The van der Waals surface area contributed by atoms with E-state index in [4.69, 9.17) is 23.4 Å². The van der Waals surface area contributed by atoms with Gasteiger partial charge in [0.1, 0.15) is 18.3 Å². The lowest BCUT2D eigenvalue weighted by Gasteiger charge is -2.40. The molecule has 0 unspecified atom stereocenters. The maximum absolute atomic E-state index is 6.56. The van der Waals surface area contributed by atoms with Gasteiger partial charge in [-0.1, -0.05) is 20.8 Å². The van der Waals surface area contributed by atoms with Gasteiger partial charge in [0, 0.05) is 7.11 Å². The predicted octanol–water partition coefficient (Wildman–Crippen LogP) is 2.90. The number of hydrogen-bond acceptors (Lipinski definition) is 5. The molecule has 0 N–H and O–H groups in total. The summed E-state index contributed by atoms with van der Waals surface area (Å²) >= 11 is 0. The Morgan fingerprint density at radius 2 is 1.76 bits per heavy atom. The average Bonchev–Trinajstić information content (AvgIpc) is 2.72. The zero-order chi connectivity index (χ0) is 16.1. The lowest BCUT2D eigenvalue weighted by Crippen LogP contribution is -2.50. The van der Waals surface area contributed by atoms with Gasteiger partial charge in [0.2, 0.25) is 0 Å². The molecule has 0 aliphatic carbocycles. The maximum atomic E-state index is 6.56. The van der Waals surface area contributed by atoms with Crippen LogP contribution in [-0.4, -0.2) is 52.4 Å². The Morgan fingerprint density at radius 1 is 1.14 bits per heavy atom. The SMILES string of the molecule is COC[C@H]1O[C@@H]2OC(C)(C)O[C@@H]2[C@H]1O[Si](C)(C)C(C)(C)C. The molecule has 0 aromatic carbocycles. The average molecular weight is 318 g/mol. The van der Waals surface area contributed by atoms with E-state index in [9.17, 15) is 0 Å². The standard InChI is InChI=1S/C15H30O5Si/c1-14(2,3)21(7,8)20-11-10(9-16-6)17-13-12(11)18-15(4,5)19-13/h10-13H,9H2,1-8H3/t10-,11+,12-,13-/m1/s1. The van der Waals surface area contributed by atoms with Crippen LogP contribution in [0.1, 0.15) is 34.6 Å². The van der Waals surface area contributed by atoms with Crippen LogP contribution in [0, 0.1) is 0 Å². The molecule has 0 bridgehead atoms. The van der Waals surface area contributed by atoms with Gasteiger partial charge in [-0.2, -0.15) is 0 Å². The topological polar surface area (TPSA) is 46.2 Å². The van der Waals surface area contributed by atoms with Crippen molar-refractivity contribution >= 4 is 8.32 Å². The second-order valence-corrected chi connectivity index (χ2v) is 12.7. The molecule has 2 aliphatic heterocycles. The normalized spacial score (nSPS) is 36.0. The van der Waals surface area contributed by atoms with Crippen LogP contribution in [0.3, 0.4) is 0 Å². The van der Waals surface area contributed by atoms with Crippen LogP contribution in [-0.2, 0) is 23.4 Å². The molecule has 124 valence electrons. The number of rotatable bonds is 4. The number of fused-ring (bicyclic) bond motifs is 1. The minimum atomic E-state index is -1.92. The van der Waals surface area contributed by atoms with E-state index >= 15 is 0 Å². The fourth-order valence-electron chi connectivity index (χ4n) is 2.50. The monoisotopic (exact) mass is 318 g/mol. The molecular weight excluding hydrogens is 288 g/mol. The van der Waals surface area contributed by atoms with Crippen LogP contribution in [0.5, 0.6) is 0 Å². The van der Waals surface area contributed by atoms with E-state index < -0.39 is 14.1 Å². The lowest BCUT2D eigenvalue weighted by atomic mass is 10.1. The molecule has 2 saturated heterocycles. The Balaban J connectivity index is 2.17. The van der Waals surface area contributed by atoms with Crippen LogP contribution < -0.4 is 0 Å². The summed E-state index contributed by atoms with van der Waals surface area (Å²) in [6, 6.07) is 0. The molecule has 2 heterocycles. The van der Waals surface area contributed by atoms with E-state index in [-0.39, 0.29) is 29.6 Å². The lowest BCUT2D eigenvalue weighted by molar-refractivity contribution is -0.218. The summed E-state index contributed by atoms with van der Waals surface area (Å²) in [5.74, 6) is -0.623. The summed E-state index contributed by atoms with van der Waals surface area (Å²) in [7, 11) is -0.245. The molecule has 0 amide bonds. The third-order valence-corrected chi connectivity index (χ3v) is 9.13. The number of ether oxygens (including phenoxy) is 4. The van der Waals surface area contributed by atoms with E-state index in [0.29, 0.717) is 6.61 Å². The van der Waals surface area contributed by atoms with Crippen molar-refractivity contribution in [3.8, 4) is 0 Å². The highest BCUT2D eigenvalue weighted by Gasteiger charge is 2.57. The number of methoxy groups -OCH3 is 1. The molecular formula is C15H30O5Si. The largest absolute Gasteiger partial charge is 0.408 e. The van der Waals surface area contributed by atoms with Crippen molar-refractivity contribution in [2.75, 3.05) is 13.7 Å². The van der Waals surface area contributed by atoms with Gasteiger partial charge in [0.05, 0.1) is 6.61 Å². The maximum Gasteiger partial charge on any atom is 0.192 e. The first-order chi connectivity index (χ1) is 9.47. The quantitative estimate of drug-likeness (QED) is 0.746. The summed E-state index contributed by atoms with van der Waals surface area (Å²) in [5.41, 5.74) is 0. The Morgan fingerprint density at radius 3 is 2.29 bits per heavy atom. The van der Waals surface area contributed by atoms with Gasteiger partial charge in [-0.25, -0.2) is 0 Å². The van der Waals surface area contributed by atoms with Gasteiger partial charge in [-0.15, -0.1) is 0 Å². The van der Waals surface area contributed by atoms with Crippen LogP contribution in [0.4, 0.5) is 0 Å². The first kappa shape index (κ1) is 17.4. The van der Waals surface area contributed by atoms with Gasteiger partial charge in [0.15, 0.2) is 20.4 Å². The van der Waals surface area contributed by atoms with E-state index in [1.54, 1.807) is 7.11 Å². The molecule has 21 heavy (non-hydrogen) atoms. The van der Waals surface area contributed by atoms with E-state index in [1.165, 1.54) is 0 Å². The summed E-state index contributed by atoms with van der Waals surface area (Å²) < 4.78 is 29.6. The smallest absolute Gasteiger partial charge is 0.192 e. The molecule has 4 atom stereocenters. The summed E-state index contributed by atoms with van der Waals surface area (Å²) in [6.45, 7) is 15.5. The Labute approximate surface area is 129 Å². The van der Waals surface area contributed by atoms with Crippen molar-refractivity contribution in [3.05, 3.63) is 0 Å². The van der Waals surface area contributed by atoms with Crippen LogP contribution in [0.2, 0.25) is 18.1 Å². The zero-order valence-corrected chi connectivity index (χ0v) is 15.6. The zero-order valence-electron chi connectivity index (χ0n) is 14.6. The Hall–Kier alpha value is 0.0169. The fourth-order valence-corrected chi connectivity index (χ4v) is 3.82. The third-order valence-electron chi connectivity index (χ3n) is 4.66. The van der Waals surface area contributed by atoms with Crippen LogP contribution in [0.25, 0.3) is 0 Å². The van der Waals surface area contributed by atoms with Gasteiger partial charge < -0.3 is 23.4 Å². The van der Waals surface area contributed by atoms with E-state index in [2.05, 4.69) is 33.9 Å². The third kappa shape index (κ3) is 3.51. The van der Waals surface area contributed by atoms with Crippen molar-refractivity contribution in [2.45, 2.75) is 83.1 Å². The fraction of sp³-hybridized carbons (Fsp3) is 1.00. The second kappa shape index (κ2) is 5.58. The molecule has 6 heteroatoms. The molecule has 0 spiro atoms. The Bertz CT molecular complexity index is 377. The van der Waals surface area contributed by atoms with Gasteiger partial charge in [-0.3, -0.25) is 0 Å². The highest BCUT2D eigenvalue weighted by atomic mass is 28.4. The van der Waals surface area contributed by atoms with Crippen LogP contribution >= 0.6 is 0 Å². The molecule has 0 saturated carbocycles. The van der Waals surface area contributed by atoms with Crippen LogP contribution in [0.15, 0.2) is 0 Å². The van der Waals surface area contributed by atoms with Gasteiger partial charge in [-0.05, 0) is 32.0 Å². The first-order valence-electron chi connectivity index (χ1n) is 7.65. The summed E-state index contributed by atoms with van der Waals surface area (Å²) in [6.07, 6.45) is -0.836. The highest BCUT2D eigenvalue weighted by molar-refractivity contribution is 6.74. The molecule has 2 rings (SSSR count). The minimum absolute atomic E-state index is 0.137. The van der Waals surface area contributed by atoms with Crippen molar-refractivity contribution in [1.82, 2.24) is 0 Å². The molecule has 0 aromatic rings.